The smallest absolute Gasteiger partial charge is 0.263 e. The molecule has 0 radical (unpaired) electrons. The second-order valence-electron chi connectivity index (χ2n) is 6.35. The van der Waals surface area contributed by atoms with Crippen molar-refractivity contribution in [2.45, 2.75) is 20.3 Å². The minimum absolute atomic E-state index is 0.0227. The van der Waals surface area contributed by atoms with E-state index < -0.39 is 12.3 Å². The molecule has 1 amide bonds. The third kappa shape index (κ3) is 9.26. The quantitative estimate of drug-likeness (QED) is 0.361. The van der Waals surface area contributed by atoms with Crippen LogP contribution in [-0.4, -0.2) is 50.8 Å². The number of amides is 1. The molecule has 0 bridgehead atoms. The first-order valence-corrected chi connectivity index (χ1v) is 11.0. The number of rotatable bonds is 11. The maximum absolute atomic E-state index is 12.7. The van der Waals surface area contributed by atoms with Crippen molar-refractivity contribution in [2.24, 2.45) is 0 Å². The summed E-state index contributed by atoms with van der Waals surface area (Å²) in [5.41, 5.74) is 0.353. The van der Waals surface area contributed by atoms with Crippen molar-refractivity contribution < 1.29 is 27.4 Å². The topological polar surface area (TPSA) is 50.8 Å². The molecule has 0 atom stereocenters. The first kappa shape index (κ1) is 28.1. The van der Waals surface area contributed by atoms with Crippen LogP contribution < -0.4 is 14.8 Å². The lowest BCUT2D eigenvalue weighted by molar-refractivity contribution is -0.118. The minimum atomic E-state index is -2.62. The van der Waals surface area contributed by atoms with Crippen LogP contribution in [0.25, 0.3) is 0 Å². The number of likely N-dealkylation sites (N-methyl/N-ethyl adjacent to an activating group) is 1. The number of nitrogens with zero attached hydrogens (tertiary/aromatic N) is 1. The molecule has 2 aromatic rings. The van der Waals surface area contributed by atoms with Crippen molar-refractivity contribution in [1.82, 2.24) is 4.90 Å². The summed E-state index contributed by atoms with van der Waals surface area (Å²) in [5.74, 6) is 0.433. The molecule has 0 aliphatic heterocycles. The molecular formula is C22H27BrClF3N2O3. The third-order valence-corrected chi connectivity index (χ3v) is 5.26. The molecule has 5 nitrogen and oxygen atoms in total. The molecule has 2 rings (SSSR count). The van der Waals surface area contributed by atoms with Crippen LogP contribution in [-0.2, 0) is 4.79 Å². The van der Waals surface area contributed by atoms with Crippen molar-refractivity contribution >= 4 is 39.1 Å². The summed E-state index contributed by atoms with van der Waals surface area (Å²) in [6.07, 6.45) is -2.62. The lowest BCUT2D eigenvalue weighted by Crippen LogP contribution is -2.27. The number of carbonyl (C=O) groups excluding carboxylic acids is 1. The number of hydrogen-bond acceptors (Lipinski definition) is 4. The highest BCUT2D eigenvalue weighted by atomic mass is 79.9. The van der Waals surface area contributed by atoms with Gasteiger partial charge in [0.05, 0.1) is 16.7 Å². The van der Waals surface area contributed by atoms with E-state index in [-0.39, 0.29) is 22.9 Å². The Bertz CT molecular complexity index is 855. The Morgan fingerprint density at radius 3 is 2.31 bits per heavy atom. The van der Waals surface area contributed by atoms with Crippen molar-refractivity contribution in [1.29, 1.82) is 0 Å². The summed E-state index contributed by atoms with van der Waals surface area (Å²) in [5, 5.41) is 2.72. The van der Waals surface area contributed by atoms with Crippen LogP contribution in [0.3, 0.4) is 0 Å². The van der Waals surface area contributed by atoms with Gasteiger partial charge in [-0.1, -0.05) is 25.4 Å². The highest BCUT2D eigenvalue weighted by molar-refractivity contribution is 9.10. The highest BCUT2D eigenvalue weighted by Gasteiger charge is 2.12. The van der Waals surface area contributed by atoms with Gasteiger partial charge in [0, 0.05) is 17.8 Å². The highest BCUT2D eigenvalue weighted by Crippen LogP contribution is 2.30. The van der Waals surface area contributed by atoms with Crippen LogP contribution >= 0.6 is 27.5 Å². The van der Waals surface area contributed by atoms with Crippen LogP contribution in [0.4, 0.5) is 18.9 Å². The maximum Gasteiger partial charge on any atom is 0.263 e. The van der Waals surface area contributed by atoms with Crippen molar-refractivity contribution in [3.63, 3.8) is 0 Å². The van der Waals surface area contributed by atoms with Crippen LogP contribution in [0.2, 0.25) is 5.02 Å². The number of hydrogen-bond donors (Lipinski definition) is 1. The zero-order valence-electron chi connectivity index (χ0n) is 18.1. The van der Waals surface area contributed by atoms with Gasteiger partial charge in [0.2, 0.25) is 0 Å². The molecule has 2 aromatic carbocycles. The van der Waals surface area contributed by atoms with Crippen molar-refractivity contribution in [2.75, 3.05) is 45.3 Å². The number of benzene rings is 2. The Morgan fingerprint density at radius 2 is 1.75 bits per heavy atom. The molecule has 178 valence electrons. The van der Waals surface area contributed by atoms with Gasteiger partial charge in [0.25, 0.3) is 12.3 Å². The Morgan fingerprint density at radius 1 is 1.09 bits per heavy atom. The van der Waals surface area contributed by atoms with Crippen LogP contribution in [0.15, 0.2) is 40.9 Å². The van der Waals surface area contributed by atoms with Gasteiger partial charge in [0.1, 0.15) is 18.1 Å². The van der Waals surface area contributed by atoms with Crippen molar-refractivity contribution in [3.05, 3.63) is 51.5 Å². The summed E-state index contributed by atoms with van der Waals surface area (Å²) in [6, 6.07) is 8.87. The van der Waals surface area contributed by atoms with E-state index in [2.05, 4.69) is 40.0 Å². The van der Waals surface area contributed by atoms with Crippen LogP contribution in [0, 0.1) is 0 Å². The van der Waals surface area contributed by atoms with E-state index in [1.54, 1.807) is 18.2 Å². The van der Waals surface area contributed by atoms with E-state index in [0.717, 1.165) is 25.7 Å². The Kier molecular flexibility index (Phi) is 13.1. The van der Waals surface area contributed by atoms with E-state index in [1.807, 2.05) is 0 Å². The van der Waals surface area contributed by atoms with Gasteiger partial charge >= 0.3 is 0 Å². The lowest BCUT2D eigenvalue weighted by Gasteiger charge is -2.18. The molecule has 0 fully saturated rings. The second kappa shape index (κ2) is 15.0. The molecule has 0 aliphatic carbocycles. The fourth-order valence-corrected chi connectivity index (χ4v) is 3.37. The van der Waals surface area contributed by atoms with Gasteiger partial charge in [-0.3, -0.25) is 9.18 Å². The van der Waals surface area contributed by atoms with Gasteiger partial charge in [-0.15, -0.1) is 0 Å². The molecule has 0 unspecified atom stereocenters. The lowest BCUT2D eigenvalue weighted by atomic mass is 10.2. The number of anilines is 1. The summed E-state index contributed by atoms with van der Waals surface area (Å²) in [7, 11) is 0.500. The standard InChI is InChI=1S/C21H24BrClF2N2O3.CH3F/c1-3-27(4-2)9-10-29-18-8-6-15(12-16(18)22)26-20(28)13-30-19-7-5-14(21(24)25)11-17(19)23;1-2/h5-8,11-12,21H,3-4,9-10,13H2,1-2H3,(H,26,28);1H3. The molecule has 32 heavy (non-hydrogen) atoms. The van der Waals surface area contributed by atoms with Crippen molar-refractivity contribution in [3.8, 4) is 11.5 Å². The first-order valence-electron chi connectivity index (χ1n) is 9.86. The number of ether oxygens (including phenoxy) is 2. The number of carbonyl (C=O) groups is 1. The van der Waals surface area contributed by atoms with Crippen LogP contribution in [0.1, 0.15) is 25.8 Å². The van der Waals surface area contributed by atoms with Gasteiger partial charge in [0.15, 0.2) is 6.61 Å². The van der Waals surface area contributed by atoms with E-state index in [1.165, 1.54) is 12.1 Å². The molecule has 0 heterocycles. The first-order chi connectivity index (χ1) is 15.3. The summed E-state index contributed by atoms with van der Waals surface area (Å²) in [6.45, 7) is 7.22. The summed E-state index contributed by atoms with van der Waals surface area (Å²) < 4.78 is 46.6. The predicted octanol–water partition coefficient (Wildman–Crippen LogP) is 6.36. The maximum atomic E-state index is 12.7. The molecule has 0 spiro atoms. The van der Waals surface area contributed by atoms with E-state index in [4.69, 9.17) is 21.1 Å². The summed E-state index contributed by atoms with van der Waals surface area (Å²) >= 11 is 9.36. The average molecular weight is 540 g/mol. The SMILES string of the molecule is CCN(CC)CCOc1ccc(NC(=O)COc2ccc(C(F)F)cc2Cl)cc1Br.CF. The van der Waals surface area contributed by atoms with Gasteiger partial charge < -0.3 is 19.7 Å². The fourth-order valence-electron chi connectivity index (χ4n) is 2.63. The third-order valence-electron chi connectivity index (χ3n) is 4.34. The molecule has 10 heteroatoms. The second-order valence-corrected chi connectivity index (χ2v) is 7.61. The Balaban J connectivity index is 0.00000249. The zero-order valence-corrected chi connectivity index (χ0v) is 20.5. The Labute approximate surface area is 200 Å². The molecule has 0 aliphatic rings. The normalized spacial score (nSPS) is 10.6. The van der Waals surface area contributed by atoms with Gasteiger partial charge in [-0.25, -0.2) is 8.78 Å². The van der Waals surface area contributed by atoms with E-state index >= 15 is 0 Å². The molecule has 1 N–H and O–H groups in total. The predicted molar refractivity (Wildman–Crippen MR) is 125 cm³/mol. The number of alkyl halides is 3. The molecule has 0 saturated heterocycles. The molecule has 0 aromatic heterocycles. The number of halogens is 5. The monoisotopic (exact) mass is 538 g/mol. The average Bonchev–Trinajstić information content (AvgIpc) is 2.78. The van der Waals surface area contributed by atoms with Crippen LogP contribution in [0.5, 0.6) is 11.5 Å². The molecular weight excluding hydrogens is 513 g/mol. The summed E-state index contributed by atoms with van der Waals surface area (Å²) in [4.78, 5) is 14.4. The van der Waals surface area contributed by atoms with E-state index in [0.29, 0.717) is 29.7 Å². The Hall–Kier alpha value is -1.97. The zero-order chi connectivity index (χ0) is 24.1. The minimum Gasteiger partial charge on any atom is -0.491 e. The molecule has 0 saturated carbocycles. The fraction of sp³-hybridized carbons (Fsp3) is 0.409. The van der Waals surface area contributed by atoms with Gasteiger partial charge in [-0.2, -0.15) is 0 Å². The number of nitrogens with one attached hydrogen (secondary N) is 1. The van der Waals surface area contributed by atoms with Gasteiger partial charge in [-0.05, 0) is 65.4 Å². The van der Waals surface area contributed by atoms with E-state index in [9.17, 15) is 18.0 Å². The largest absolute Gasteiger partial charge is 0.491 e.